The number of benzene rings is 2. The Morgan fingerprint density at radius 1 is 1.00 bits per heavy atom. The molecule has 19 heavy (non-hydrogen) atoms. The van der Waals surface area contributed by atoms with Crippen LogP contribution in [0.25, 0.3) is 5.57 Å². The number of unbranched alkanes of at least 4 members (excludes halogenated alkanes) is 1. The Balaban J connectivity index is 2.40. The van der Waals surface area contributed by atoms with E-state index in [4.69, 9.17) is 0 Å². The summed E-state index contributed by atoms with van der Waals surface area (Å²) in [6.45, 7) is 8.74. The van der Waals surface area contributed by atoms with Crippen molar-refractivity contribution in [2.45, 2.75) is 33.1 Å². The van der Waals surface area contributed by atoms with Gasteiger partial charge in [0.2, 0.25) is 0 Å². The van der Waals surface area contributed by atoms with Crippen LogP contribution in [0, 0.1) is 6.92 Å². The molecule has 0 heterocycles. The van der Waals surface area contributed by atoms with Crippen molar-refractivity contribution in [1.82, 2.24) is 0 Å². The molecule has 0 amide bonds. The maximum atomic E-state index is 4.32. The molecule has 0 aliphatic rings. The molecule has 0 N–H and O–H groups in total. The zero-order valence-electron chi connectivity index (χ0n) is 11.9. The van der Waals surface area contributed by atoms with Crippen LogP contribution in [-0.4, -0.2) is 0 Å². The molecule has 0 spiro atoms. The lowest BCUT2D eigenvalue weighted by atomic mass is 9.89. The second-order valence-electron chi connectivity index (χ2n) is 5.06. The van der Waals surface area contributed by atoms with Gasteiger partial charge in [-0.05, 0) is 47.6 Å². The lowest BCUT2D eigenvalue weighted by molar-refractivity contribution is 0.793. The zero-order chi connectivity index (χ0) is 13.7. The molecular weight excluding hydrogens is 228 g/mol. The quantitative estimate of drug-likeness (QED) is 0.666. The van der Waals surface area contributed by atoms with Crippen molar-refractivity contribution in [3.05, 3.63) is 77.4 Å². The van der Waals surface area contributed by atoms with E-state index in [2.05, 4.69) is 62.9 Å². The summed E-state index contributed by atoms with van der Waals surface area (Å²) < 4.78 is 0. The number of aryl methyl sites for hydroxylation is 2. The van der Waals surface area contributed by atoms with Gasteiger partial charge in [0.15, 0.2) is 0 Å². The Labute approximate surface area is 116 Å². The molecule has 0 radical (unpaired) electrons. The minimum Gasteiger partial charge on any atom is -0.0905 e. The van der Waals surface area contributed by atoms with Crippen LogP contribution in [0.2, 0.25) is 0 Å². The van der Waals surface area contributed by atoms with E-state index in [0.717, 1.165) is 12.0 Å². The molecule has 0 bridgehead atoms. The van der Waals surface area contributed by atoms with Crippen LogP contribution in [-0.2, 0) is 6.42 Å². The van der Waals surface area contributed by atoms with Crippen molar-refractivity contribution < 1.29 is 0 Å². The lowest BCUT2D eigenvalue weighted by Crippen LogP contribution is -1.98. The third kappa shape index (κ3) is 3.14. The maximum absolute atomic E-state index is 4.32. The van der Waals surface area contributed by atoms with E-state index < -0.39 is 0 Å². The molecule has 0 fully saturated rings. The van der Waals surface area contributed by atoms with Gasteiger partial charge in [-0.15, -0.1) is 0 Å². The van der Waals surface area contributed by atoms with E-state index in [1.807, 2.05) is 6.07 Å². The first-order valence-electron chi connectivity index (χ1n) is 7.07. The molecule has 0 atom stereocenters. The Morgan fingerprint density at radius 2 is 1.74 bits per heavy atom. The van der Waals surface area contributed by atoms with Crippen LogP contribution in [0.5, 0.6) is 0 Å². The SMILES string of the molecule is C=C(c1ccccc1)c1c(C)cccc1CCCC. The predicted octanol–water partition coefficient (Wildman–Crippen LogP) is 5.40. The first-order valence-corrected chi connectivity index (χ1v) is 7.07. The van der Waals surface area contributed by atoms with Gasteiger partial charge in [0.05, 0.1) is 0 Å². The summed E-state index contributed by atoms with van der Waals surface area (Å²) in [5.74, 6) is 0. The Kier molecular flexibility index (Phi) is 4.57. The van der Waals surface area contributed by atoms with Gasteiger partial charge in [0.25, 0.3) is 0 Å². The molecule has 0 saturated heterocycles. The Hall–Kier alpha value is -1.82. The third-order valence-electron chi connectivity index (χ3n) is 3.58. The van der Waals surface area contributed by atoms with E-state index in [1.165, 1.54) is 35.1 Å². The van der Waals surface area contributed by atoms with Gasteiger partial charge in [-0.1, -0.05) is 68.5 Å². The highest BCUT2D eigenvalue weighted by molar-refractivity contribution is 5.81. The number of hydrogen-bond acceptors (Lipinski definition) is 0. The van der Waals surface area contributed by atoms with Gasteiger partial charge in [-0.25, -0.2) is 0 Å². The highest BCUT2D eigenvalue weighted by atomic mass is 14.1. The monoisotopic (exact) mass is 250 g/mol. The van der Waals surface area contributed by atoms with E-state index in [0.29, 0.717) is 0 Å². The standard InChI is InChI=1S/C19H22/c1-4-5-11-18-14-9-10-15(2)19(18)16(3)17-12-7-6-8-13-17/h6-10,12-14H,3-5,11H2,1-2H3. The van der Waals surface area contributed by atoms with Crippen LogP contribution in [0.3, 0.4) is 0 Å². The van der Waals surface area contributed by atoms with Crippen LogP contribution in [0.1, 0.15) is 42.0 Å². The topological polar surface area (TPSA) is 0 Å². The summed E-state index contributed by atoms with van der Waals surface area (Å²) in [4.78, 5) is 0. The molecule has 0 aliphatic carbocycles. The number of rotatable bonds is 5. The molecule has 0 saturated carbocycles. The third-order valence-corrected chi connectivity index (χ3v) is 3.58. The van der Waals surface area contributed by atoms with Crippen molar-refractivity contribution >= 4 is 5.57 Å². The van der Waals surface area contributed by atoms with Gasteiger partial charge in [0.1, 0.15) is 0 Å². The summed E-state index contributed by atoms with van der Waals surface area (Å²) >= 11 is 0. The minimum atomic E-state index is 1.14. The maximum Gasteiger partial charge on any atom is -0.0123 e. The van der Waals surface area contributed by atoms with Gasteiger partial charge >= 0.3 is 0 Å². The average Bonchev–Trinajstić information content (AvgIpc) is 2.45. The second kappa shape index (κ2) is 6.38. The van der Waals surface area contributed by atoms with E-state index >= 15 is 0 Å². The molecule has 2 rings (SSSR count). The van der Waals surface area contributed by atoms with E-state index in [-0.39, 0.29) is 0 Å². The van der Waals surface area contributed by atoms with E-state index in [1.54, 1.807) is 0 Å². The summed E-state index contributed by atoms with van der Waals surface area (Å²) in [6, 6.07) is 17.0. The van der Waals surface area contributed by atoms with Gasteiger partial charge in [0, 0.05) is 0 Å². The van der Waals surface area contributed by atoms with Gasteiger partial charge in [-0.3, -0.25) is 0 Å². The molecule has 0 unspecified atom stereocenters. The highest BCUT2D eigenvalue weighted by Gasteiger charge is 2.10. The summed E-state index contributed by atoms with van der Waals surface area (Å²) in [5, 5.41) is 0. The largest absolute Gasteiger partial charge is 0.0905 e. The van der Waals surface area contributed by atoms with Crippen LogP contribution in [0.15, 0.2) is 55.1 Å². The molecular formula is C19H22. The fourth-order valence-corrected chi connectivity index (χ4v) is 2.52. The second-order valence-corrected chi connectivity index (χ2v) is 5.06. The molecule has 2 aromatic carbocycles. The highest BCUT2D eigenvalue weighted by Crippen LogP contribution is 2.28. The van der Waals surface area contributed by atoms with Gasteiger partial charge in [-0.2, -0.15) is 0 Å². The van der Waals surface area contributed by atoms with Crippen molar-refractivity contribution in [3.63, 3.8) is 0 Å². The Morgan fingerprint density at radius 3 is 2.42 bits per heavy atom. The lowest BCUT2D eigenvalue weighted by Gasteiger charge is -2.15. The molecule has 0 nitrogen and oxygen atoms in total. The fraction of sp³-hybridized carbons (Fsp3) is 0.263. The number of hydrogen-bond donors (Lipinski definition) is 0. The molecule has 0 aliphatic heterocycles. The van der Waals surface area contributed by atoms with Gasteiger partial charge < -0.3 is 0 Å². The Bertz CT molecular complexity index is 550. The van der Waals surface area contributed by atoms with E-state index in [9.17, 15) is 0 Å². The predicted molar refractivity (Wildman–Crippen MR) is 84.4 cm³/mol. The normalized spacial score (nSPS) is 10.4. The van der Waals surface area contributed by atoms with Crippen LogP contribution >= 0.6 is 0 Å². The smallest absolute Gasteiger partial charge is 0.0123 e. The first-order chi connectivity index (χ1) is 9.24. The van der Waals surface area contributed by atoms with Crippen molar-refractivity contribution in [2.24, 2.45) is 0 Å². The summed E-state index contributed by atoms with van der Waals surface area (Å²) in [7, 11) is 0. The summed E-state index contributed by atoms with van der Waals surface area (Å²) in [5.41, 5.74) is 6.44. The zero-order valence-corrected chi connectivity index (χ0v) is 11.9. The molecule has 98 valence electrons. The first kappa shape index (κ1) is 13.6. The molecule has 0 heteroatoms. The van der Waals surface area contributed by atoms with Crippen LogP contribution < -0.4 is 0 Å². The fourth-order valence-electron chi connectivity index (χ4n) is 2.52. The molecule has 2 aromatic rings. The van der Waals surface area contributed by atoms with Crippen LogP contribution in [0.4, 0.5) is 0 Å². The van der Waals surface area contributed by atoms with Crippen molar-refractivity contribution in [1.29, 1.82) is 0 Å². The minimum absolute atomic E-state index is 1.14. The molecule has 0 aromatic heterocycles. The van der Waals surface area contributed by atoms with Crippen molar-refractivity contribution in [3.8, 4) is 0 Å². The average molecular weight is 250 g/mol. The summed E-state index contributed by atoms with van der Waals surface area (Å²) in [6.07, 6.45) is 3.60. The van der Waals surface area contributed by atoms with Crippen molar-refractivity contribution in [2.75, 3.05) is 0 Å².